The van der Waals surface area contributed by atoms with Crippen LogP contribution in [0, 0.1) is 13.8 Å². The predicted molar refractivity (Wildman–Crippen MR) is 76.7 cm³/mol. The third-order valence-corrected chi connectivity index (χ3v) is 2.78. The first-order valence-electron chi connectivity index (χ1n) is 5.99. The molecule has 0 atom stereocenters. The van der Waals surface area contributed by atoms with Crippen LogP contribution in [-0.2, 0) is 0 Å². The Labute approximate surface area is 112 Å². The van der Waals surface area contributed by atoms with E-state index in [1.165, 1.54) is 0 Å². The van der Waals surface area contributed by atoms with Crippen molar-refractivity contribution in [3.05, 3.63) is 53.6 Å². The Morgan fingerprint density at radius 2 is 1.47 bits per heavy atom. The molecule has 0 aliphatic heterocycles. The molecule has 3 N–H and O–H groups in total. The molecule has 0 radical (unpaired) electrons. The van der Waals surface area contributed by atoms with E-state index in [4.69, 9.17) is 0 Å². The standard InChI is InChI=1S/C15H16N2O2/c1-10-8-13(9-11(2)14(10)18)17-15(19)16-12-6-4-3-5-7-12/h3-9,18H,1-2H3,(H2,16,17,19). The third kappa shape index (κ3) is 3.25. The normalized spacial score (nSPS) is 10.0. The number of carbonyl (C=O) groups is 1. The molecule has 0 aliphatic rings. The Morgan fingerprint density at radius 1 is 0.947 bits per heavy atom. The van der Waals surface area contributed by atoms with Crippen molar-refractivity contribution in [2.45, 2.75) is 13.8 Å². The first kappa shape index (κ1) is 13.0. The van der Waals surface area contributed by atoms with Gasteiger partial charge in [-0.15, -0.1) is 0 Å². The molecule has 4 heteroatoms. The van der Waals surface area contributed by atoms with E-state index in [0.717, 1.165) is 16.8 Å². The second-order valence-corrected chi connectivity index (χ2v) is 4.40. The largest absolute Gasteiger partial charge is 0.507 e. The molecule has 0 saturated carbocycles. The van der Waals surface area contributed by atoms with Crippen LogP contribution in [0.25, 0.3) is 0 Å². The lowest BCUT2D eigenvalue weighted by Crippen LogP contribution is -2.19. The molecule has 2 aromatic carbocycles. The van der Waals surface area contributed by atoms with E-state index in [0.29, 0.717) is 5.69 Å². The fraction of sp³-hybridized carbons (Fsp3) is 0.133. The monoisotopic (exact) mass is 256 g/mol. The highest BCUT2D eigenvalue weighted by Gasteiger charge is 2.06. The van der Waals surface area contributed by atoms with E-state index in [1.54, 1.807) is 26.0 Å². The SMILES string of the molecule is Cc1cc(NC(=O)Nc2ccccc2)cc(C)c1O. The van der Waals surface area contributed by atoms with Crippen molar-refractivity contribution in [3.63, 3.8) is 0 Å². The minimum absolute atomic E-state index is 0.258. The van der Waals surface area contributed by atoms with Gasteiger partial charge in [0.15, 0.2) is 0 Å². The van der Waals surface area contributed by atoms with Gasteiger partial charge in [0, 0.05) is 11.4 Å². The molecular weight excluding hydrogens is 240 g/mol. The Hall–Kier alpha value is -2.49. The summed E-state index contributed by atoms with van der Waals surface area (Å²) in [6.07, 6.45) is 0. The number of hydrogen-bond donors (Lipinski definition) is 3. The number of para-hydroxylation sites is 1. The van der Waals surface area contributed by atoms with Gasteiger partial charge < -0.3 is 15.7 Å². The Bertz CT molecular complexity index is 571. The maximum Gasteiger partial charge on any atom is 0.323 e. The molecule has 0 aliphatic carbocycles. The minimum atomic E-state index is -0.310. The van der Waals surface area contributed by atoms with Crippen LogP contribution >= 0.6 is 0 Å². The van der Waals surface area contributed by atoms with Crippen molar-refractivity contribution >= 4 is 17.4 Å². The number of urea groups is 1. The number of amides is 2. The summed E-state index contributed by atoms with van der Waals surface area (Å²) < 4.78 is 0. The van der Waals surface area contributed by atoms with Gasteiger partial charge in [-0.25, -0.2) is 4.79 Å². The van der Waals surface area contributed by atoms with Crippen LogP contribution in [0.4, 0.5) is 16.2 Å². The van der Waals surface area contributed by atoms with Crippen LogP contribution in [0.3, 0.4) is 0 Å². The number of carbonyl (C=O) groups excluding carboxylic acids is 1. The average molecular weight is 256 g/mol. The number of rotatable bonds is 2. The summed E-state index contributed by atoms with van der Waals surface area (Å²) in [5, 5.41) is 15.1. The highest BCUT2D eigenvalue weighted by molar-refractivity contribution is 5.99. The minimum Gasteiger partial charge on any atom is -0.507 e. The molecule has 0 bridgehead atoms. The number of phenols is 1. The highest BCUT2D eigenvalue weighted by atomic mass is 16.3. The summed E-state index contributed by atoms with van der Waals surface area (Å²) in [6, 6.07) is 12.4. The van der Waals surface area contributed by atoms with Gasteiger partial charge in [0.2, 0.25) is 0 Å². The summed E-state index contributed by atoms with van der Waals surface area (Å²) in [4.78, 5) is 11.8. The predicted octanol–water partition coefficient (Wildman–Crippen LogP) is 3.65. The van der Waals surface area contributed by atoms with Crippen LogP contribution in [0.1, 0.15) is 11.1 Å². The van der Waals surface area contributed by atoms with Crippen molar-refractivity contribution in [2.75, 3.05) is 10.6 Å². The summed E-state index contributed by atoms with van der Waals surface area (Å²) in [5.74, 6) is 0.258. The van der Waals surface area contributed by atoms with Gasteiger partial charge >= 0.3 is 6.03 Å². The van der Waals surface area contributed by atoms with Crippen molar-refractivity contribution in [1.29, 1.82) is 0 Å². The number of hydrogen-bond acceptors (Lipinski definition) is 2. The van der Waals surface area contributed by atoms with Crippen LogP contribution in [0.2, 0.25) is 0 Å². The van der Waals surface area contributed by atoms with Crippen molar-refractivity contribution in [3.8, 4) is 5.75 Å². The molecule has 0 heterocycles. The smallest absolute Gasteiger partial charge is 0.323 e. The summed E-state index contributed by atoms with van der Waals surface area (Å²) in [7, 11) is 0. The molecule has 2 rings (SSSR count). The van der Waals surface area contributed by atoms with Gasteiger partial charge in [-0.05, 0) is 49.2 Å². The zero-order valence-electron chi connectivity index (χ0n) is 10.9. The number of aromatic hydroxyl groups is 1. The van der Waals surface area contributed by atoms with Crippen molar-refractivity contribution in [1.82, 2.24) is 0 Å². The van der Waals surface area contributed by atoms with Crippen LogP contribution in [0.15, 0.2) is 42.5 Å². The first-order chi connectivity index (χ1) is 9.06. The van der Waals surface area contributed by atoms with Gasteiger partial charge in [-0.2, -0.15) is 0 Å². The van der Waals surface area contributed by atoms with E-state index in [1.807, 2.05) is 30.3 Å². The fourth-order valence-corrected chi connectivity index (χ4v) is 1.84. The molecule has 0 aromatic heterocycles. The zero-order chi connectivity index (χ0) is 13.8. The van der Waals surface area contributed by atoms with Gasteiger partial charge in [0.05, 0.1) is 0 Å². The molecule has 2 amide bonds. The zero-order valence-corrected chi connectivity index (χ0v) is 10.9. The van der Waals surface area contributed by atoms with Gasteiger partial charge in [0.25, 0.3) is 0 Å². The van der Waals surface area contributed by atoms with E-state index >= 15 is 0 Å². The molecule has 4 nitrogen and oxygen atoms in total. The number of phenolic OH excluding ortho intramolecular Hbond substituents is 1. The Morgan fingerprint density at radius 3 is 2.05 bits per heavy atom. The quantitative estimate of drug-likeness (QED) is 0.718. The number of aryl methyl sites for hydroxylation is 2. The van der Waals surface area contributed by atoms with E-state index < -0.39 is 0 Å². The van der Waals surface area contributed by atoms with Crippen molar-refractivity contribution < 1.29 is 9.90 Å². The number of anilines is 2. The lowest BCUT2D eigenvalue weighted by Gasteiger charge is -2.10. The van der Waals surface area contributed by atoms with Gasteiger partial charge in [0.1, 0.15) is 5.75 Å². The van der Waals surface area contributed by atoms with Gasteiger partial charge in [-0.1, -0.05) is 18.2 Å². The van der Waals surface area contributed by atoms with E-state index in [2.05, 4.69) is 10.6 Å². The second kappa shape index (κ2) is 5.44. The van der Waals surface area contributed by atoms with E-state index in [-0.39, 0.29) is 11.8 Å². The molecule has 0 spiro atoms. The highest BCUT2D eigenvalue weighted by Crippen LogP contribution is 2.25. The number of nitrogens with one attached hydrogen (secondary N) is 2. The molecule has 2 aromatic rings. The topological polar surface area (TPSA) is 61.4 Å². The number of benzene rings is 2. The molecule has 19 heavy (non-hydrogen) atoms. The maximum atomic E-state index is 11.8. The van der Waals surface area contributed by atoms with Gasteiger partial charge in [-0.3, -0.25) is 0 Å². The Kier molecular flexibility index (Phi) is 3.71. The lowest BCUT2D eigenvalue weighted by molar-refractivity contribution is 0.262. The van der Waals surface area contributed by atoms with Crippen molar-refractivity contribution in [2.24, 2.45) is 0 Å². The lowest BCUT2D eigenvalue weighted by atomic mass is 10.1. The van der Waals surface area contributed by atoms with Crippen LogP contribution in [0.5, 0.6) is 5.75 Å². The summed E-state index contributed by atoms with van der Waals surface area (Å²) >= 11 is 0. The van der Waals surface area contributed by atoms with Crippen LogP contribution < -0.4 is 10.6 Å². The Balaban J connectivity index is 2.07. The molecule has 98 valence electrons. The second-order valence-electron chi connectivity index (χ2n) is 4.40. The third-order valence-electron chi connectivity index (χ3n) is 2.78. The molecule has 0 unspecified atom stereocenters. The molecule has 0 fully saturated rings. The van der Waals surface area contributed by atoms with Crippen LogP contribution in [-0.4, -0.2) is 11.1 Å². The average Bonchev–Trinajstić information content (AvgIpc) is 2.37. The van der Waals surface area contributed by atoms with E-state index in [9.17, 15) is 9.90 Å². The summed E-state index contributed by atoms with van der Waals surface area (Å²) in [5.41, 5.74) is 2.85. The first-order valence-corrected chi connectivity index (χ1v) is 5.99. The fourth-order valence-electron chi connectivity index (χ4n) is 1.84. The molecule has 0 saturated heterocycles. The molecular formula is C15H16N2O2. The summed E-state index contributed by atoms with van der Waals surface area (Å²) in [6.45, 7) is 3.59. The maximum absolute atomic E-state index is 11.8.